The predicted molar refractivity (Wildman–Crippen MR) is 121 cm³/mol. The number of aryl methyl sites for hydroxylation is 2. The normalized spacial score (nSPS) is 16.1. The molecule has 1 N–H and O–H groups in total. The zero-order valence-electron chi connectivity index (χ0n) is 18.1. The molecule has 2 aliphatic carbocycles. The molecular formula is C26H28N2O3. The third-order valence-corrected chi connectivity index (χ3v) is 6.40. The van der Waals surface area contributed by atoms with Gasteiger partial charge < -0.3 is 9.73 Å². The topological polar surface area (TPSA) is 62.6 Å². The van der Waals surface area contributed by atoms with Crippen molar-refractivity contribution in [2.24, 2.45) is 0 Å². The van der Waals surface area contributed by atoms with E-state index in [4.69, 9.17) is 4.42 Å². The van der Waals surface area contributed by atoms with Gasteiger partial charge in [-0.3, -0.25) is 9.69 Å². The molecule has 2 aromatic carbocycles. The van der Waals surface area contributed by atoms with Crippen LogP contribution in [0.3, 0.4) is 0 Å². The Bertz CT molecular complexity index is 1190. The number of nitrogens with zero attached hydrogens (tertiary/aromatic N) is 1. The molecule has 0 aliphatic heterocycles. The van der Waals surface area contributed by atoms with Crippen molar-refractivity contribution in [1.82, 2.24) is 10.2 Å². The van der Waals surface area contributed by atoms with Gasteiger partial charge in [0.1, 0.15) is 5.58 Å². The molecule has 5 rings (SSSR count). The fourth-order valence-electron chi connectivity index (χ4n) is 4.08. The van der Waals surface area contributed by atoms with Crippen LogP contribution in [-0.4, -0.2) is 22.9 Å². The summed E-state index contributed by atoms with van der Waals surface area (Å²) in [7, 11) is 0. The quantitative estimate of drug-likeness (QED) is 0.578. The molecule has 3 aromatic rings. The summed E-state index contributed by atoms with van der Waals surface area (Å²) in [5.74, 6) is 0.0150. The van der Waals surface area contributed by atoms with Gasteiger partial charge in [-0.15, -0.1) is 0 Å². The second-order valence-electron chi connectivity index (χ2n) is 9.10. The second-order valence-corrected chi connectivity index (χ2v) is 9.10. The number of carbonyl (C=O) groups excluding carboxylic acids is 1. The zero-order valence-corrected chi connectivity index (χ0v) is 18.1. The van der Waals surface area contributed by atoms with Crippen molar-refractivity contribution in [1.29, 1.82) is 0 Å². The van der Waals surface area contributed by atoms with Crippen LogP contribution in [0.2, 0.25) is 0 Å². The van der Waals surface area contributed by atoms with E-state index in [9.17, 15) is 9.59 Å². The van der Waals surface area contributed by atoms with Gasteiger partial charge in [-0.1, -0.05) is 12.1 Å². The highest BCUT2D eigenvalue weighted by molar-refractivity contribution is 5.94. The Morgan fingerprint density at radius 2 is 1.71 bits per heavy atom. The second kappa shape index (κ2) is 7.97. The van der Waals surface area contributed by atoms with Crippen LogP contribution in [0.1, 0.15) is 58.3 Å². The third kappa shape index (κ3) is 4.57. The zero-order chi connectivity index (χ0) is 21.5. The van der Waals surface area contributed by atoms with E-state index in [2.05, 4.69) is 23.2 Å². The summed E-state index contributed by atoms with van der Waals surface area (Å²) in [5, 5.41) is 4.05. The van der Waals surface area contributed by atoms with Gasteiger partial charge in [-0.05, 0) is 86.1 Å². The summed E-state index contributed by atoms with van der Waals surface area (Å²) < 4.78 is 5.47. The smallest absolute Gasteiger partial charge is 0.336 e. The Morgan fingerprint density at radius 1 is 1.00 bits per heavy atom. The average Bonchev–Trinajstić information content (AvgIpc) is 3.64. The molecule has 31 heavy (non-hydrogen) atoms. The molecule has 2 aliphatic rings. The molecule has 5 heteroatoms. The largest absolute Gasteiger partial charge is 0.423 e. The summed E-state index contributed by atoms with van der Waals surface area (Å²) >= 11 is 0. The molecule has 0 atom stereocenters. The third-order valence-electron chi connectivity index (χ3n) is 6.40. The molecular weight excluding hydrogens is 388 g/mol. The van der Waals surface area contributed by atoms with Gasteiger partial charge in [-0.2, -0.15) is 0 Å². The lowest BCUT2D eigenvalue weighted by atomic mass is 10.0. The first kappa shape index (κ1) is 20.0. The number of nitrogens with one attached hydrogen (secondary N) is 1. The molecule has 0 radical (unpaired) electrons. The number of benzene rings is 2. The van der Waals surface area contributed by atoms with Crippen LogP contribution in [0.5, 0.6) is 0 Å². The fourth-order valence-corrected chi connectivity index (χ4v) is 4.08. The number of fused-ring (bicyclic) bond motifs is 1. The van der Waals surface area contributed by atoms with Gasteiger partial charge >= 0.3 is 5.63 Å². The average molecular weight is 417 g/mol. The standard InChI is InChI=1S/C26H28N2O3/c1-16-11-23-20(13-25(29)31-24(23)12-17(16)2)15-28(22-9-10-22)14-18-3-5-19(6-4-18)26(30)27-21-7-8-21/h3-6,11-13,21-22H,7-10,14-15H2,1-2H3,(H,27,30). The minimum atomic E-state index is -0.299. The van der Waals surface area contributed by atoms with E-state index >= 15 is 0 Å². The minimum Gasteiger partial charge on any atom is -0.423 e. The van der Waals surface area contributed by atoms with E-state index in [1.165, 1.54) is 24.0 Å². The van der Waals surface area contributed by atoms with Crippen LogP contribution in [0.25, 0.3) is 11.0 Å². The molecule has 0 saturated heterocycles. The van der Waals surface area contributed by atoms with Gasteiger partial charge in [0.25, 0.3) is 5.91 Å². The number of hydrogen-bond acceptors (Lipinski definition) is 4. The van der Waals surface area contributed by atoms with Gasteiger partial charge in [-0.25, -0.2) is 4.79 Å². The lowest BCUT2D eigenvalue weighted by Crippen LogP contribution is -2.26. The first-order valence-corrected chi connectivity index (χ1v) is 11.1. The highest BCUT2D eigenvalue weighted by atomic mass is 16.4. The first-order valence-electron chi connectivity index (χ1n) is 11.1. The number of carbonyl (C=O) groups is 1. The van der Waals surface area contributed by atoms with E-state index in [1.807, 2.05) is 37.3 Å². The highest BCUT2D eigenvalue weighted by Crippen LogP contribution is 2.31. The van der Waals surface area contributed by atoms with Crippen LogP contribution in [-0.2, 0) is 13.1 Å². The van der Waals surface area contributed by atoms with Crippen molar-refractivity contribution in [2.75, 3.05) is 0 Å². The lowest BCUT2D eigenvalue weighted by molar-refractivity contribution is 0.0951. The summed E-state index contributed by atoms with van der Waals surface area (Å²) in [6.45, 7) is 5.62. The molecule has 5 nitrogen and oxygen atoms in total. The van der Waals surface area contributed by atoms with Crippen LogP contribution < -0.4 is 10.9 Å². The van der Waals surface area contributed by atoms with Crippen molar-refractivity contribution in [3.05, 3.63) is 80.7 Å². The minimum absolute atomic E-state index is 0.0150. The Labute approximate surface area is 182 Å². The molecule has 2 fully saturated rings. The maximum Gasteiger partial charge on any atom is 0.336 e. The summed E-state index contributed by atoms with van der Waals surface area (Å²) in [5.41, 5.74) is 5.58. The molecule has 1 amide bonds. The maximum absolute atomic E-state index is 12.2. The fraction of sp³-hybridized carbons (Fsp3) is 0.385. The van der Waals surface area contributed by atoms with Crippen LogP contribution in [0.15, 0.2) is 51.7 Å². The van der Waals surface area contributed by atoms with Gasteiger partial charge in [0.2, 0.25) is 0 Å². The molecule has 0 bridgehead atoms. The molecule has 0 unspecified atom stereocenters. The lowest BCUT2D eigenvalue weighted by Gasteiger charge is -2.23. The summed E-state index contributed by atoms with van der Waals surface area (Å²) in [6, 6.07) is 14.5. The molecule has 0 spiro atoms. The molecule has 1 aromatic heterocycles. The number of rotatable bonds is 7. The van der Waals surface area contributed by atoms with Crippen LogP contribution in [0.4, 0.5) is 0 Å². The van der Waals surface area contributed by atoms with Crippen molar-refractivity contribution in [3.8, 4) is 0 Å². The van der Waals surface area contributed by atoms with Crippen molar-refractivity contribution in [3.63, 3.8) is 0 Å². The number of hydrogen-bond donors (Lipinski definition) is 1. The Hall–Kier alpha value is -2.92. The molecule has 1 heterocycles. The maximum atomic E-state index is 12.2. The molecule has 2 saturated carbocycles. The van der Waals surface area contributed by atoms with Gasteiger partial charge in [0, 0.05) is 42.2 Å². The van der Waals surface area contributed by atoms with Crippen molar-refractivity contribution >= 4 is 16.9 Å². The molecule has 160 valence electrons. The first-order chi connectivity index (χ1) is 15.0. The number of amides is 1. The van der Waals surface area contributed by atoms with E-state index in [0.717, 1.165) is 35.9 Å². The van der Waals surface area contributed by atoms with Crippen molar-refractivity contribution in [2.45, 2.75) is 64.7 Å². The van der Waals surface area contributed by atoms with E-state index in [-0.39, 0.29) is 11.5 Å². The SMILES string of the molecule is Cc1cc2oc(=O)cc(CN(Cc3ccc(C(=O)NC4CC4)cc3)C3CC3)c2cc1C. The van der Waals surface area contributed by atoms with Gasteiger partial charge in [0.15, 0.2) is 0 Å². The van der Waals surface area contributed by atoms with E-state index in [0.29, 0.717) is 29.8 Å². The Morgan fingerprint density at radius 3 is 2.39 bits per heavy atom. The Balaban J connectivity index is 1.37. The van der Waals surface area contributed by atoms with Crippen LogP contribution >= 0.6 is 0 Å². The van der Waals surface area contributed by atoms with E-state index in [1.54, 1.807) is 6.07 Å². The highest BCUT2D eigenvalue weighted by Gasteiger charge is 2.30. The predicted octanol–water partition coefficient (Wildman–Crippen LogP) is 4.47. The summed E-state index contributed by atoms with van der Waals surface area (Å²) in [4.78, 5) is 26.9. The van der Waals surface area contributed by atoms with Gasteiger partial charge in [0.05, 0.1) is 0 Å². The van der Waals surface area contributed by atoms with Crippen LogP contribution in [0, 0.1) is 13.8 Å². The monoisotopic (exact) mass is 416 g/mol. The van der Waals surface area contributed by atoms with Crippen molar-refractivity contribution < 1.29 is 9.21 Å². The Kier molecular flexibility index (Phi) is 5.14. The van der Waals surface area contributed by atoms with E-state index < -0.39 is 0 Å². The summed E-state index contributed by atoms with van der Waals surface area (Å²) in [6.07, 6.45) is 4.54.